The van der Waals surface area contributed by atoms with Gasteiger partial charge < -0.3 is 0 Å². The second-order valence-corrected chi connectivity index (χ2v) is 6.29. The lowest BCUT2D eigenvalue weighted by Crippen LogP contribution is -1.81. The first-order valence-corrected chi connectivity index (χ1v) is 9.56. The van der Waals surface area contributed by atoms with Crippen molar-refractivity contribution in [2.24, 2.45) is 0 Å². The van der Waals surface area contributed by atoms with Crippen LogP contribution in [0.5, 0.6) is 0 Å². The van der Waals surface area contributed by atoms with Crippen LogP contribution in [0.3, 0.4) is 0 Å². The molecule has 0 bridgehead atoms. The molecule has 0 aromatic carbocycles. The van der Waals surface area contributed by atoms with E-state index in [2.05, 4.69) is 26.0 Å². The van der Waals surface area contributed by atoms with E-state index < -0.39 is 0 Å². The van der Waals surface area contributed by atoms with Crippen LogP contribution < -0.4 is 0 Å². The van der Waals surface area contributed by atoms with Gasteiger partial charge in [-0.1, -0.05) is 103 Å². The van der Waals surface area contributed by atoms with Crippen molar-refractivity contribution in [1.29, 1.82) is 0 Å². The van der Waals surface area contributed by atoms with E-state index in [0.29, 0.717) is 0 Å². The highest BCUT2D eigenvalue weighted by Gasteiger charge is 1.91. The monoisotopic (exact) mass is 280 g/mol. The average Bonchev–Trinajstić information content (AvgIpc) is 2.47. The molecule has 0 rings (SSSR count). The lowest BCUT2D eigenvalue weighted by Gasteiger charge is -2.00. The first kappa shape index (κ1) is 19.7. The molecule has 120 valence electrons. The summed E-state index contributed by atoms with van der Waals surface area (Å²) in [6, 6.07) is 0. The van der Waals surface area contributed by atoms with E-state index in [1.54, 1.807) is 0 Å². The predicted octanol–water partition coefficient (Wildman–Crippen LogP) is 7.82. The molecular weight excluding hydrogens is 240 g/mol. The van der Waals surface area contributed by atoms with Crippen LogP contribution in [-0.4, -0.2) is 0 Å². The van der Waals surface area contributed by atoms with Crippen molar-refractivity contribution in [3.05, 3.63) is 12.2 Å². The maximum Gasteiger partial charge on any atom is -0.0351 e. The van der Waals surface area contributed by atoms with E-state index in [0.717, 1.165) is 0 Å². The Labute approximate surface area is 129 Å². The van der Waals surface area contributed by atoms with Crippen LogP contribution in [0.2, 0.25) is 0 Å². The fourth-order valence-electron chi connectivity index (χ4n) is 2.67. The highest BCUT2D eigenvalue weighted by molar-refractivity contribution is 4.81. The average molecular weight is 281 g/mol. The van der Waals surface area contributed by atoms with Gasteiger partial charge in [0, 0.05) is 0 Å². The molecule has 0 aliphatic heterocycles. The Morgan fingerprint density at radius 3 is 1.05 bits per heavy atom. The Morgan fingerprint density at radius 1 is 0.400 bits per heavy atom. The zero-order chi connectivity index (χ0) is 14.7. The van der Waals surface area contributed by atoms with Crippen LogP contribution in [0.1, 0.15) is 117 Å². The Balaban J connectivity index is 3.01. The van der Waals surface area contributed by atoms with Crippen LogP contribution in [0.4, 0.5) is 0 Å². The van der Waals surface area contributed by atoms with Gasteiger partial charge in [0.25, 0.3) is 0 Å². The van der Waals surface area contributed by atoms with Crippen molar-refractivity contribution >= 4 is 0 Å². The summed E-state index contributed by atoms with van der Waals surface area (Å²) in [5.41, 5.74) is 0. The molecule has 0 atom stereocenters. The van der Waals surface area contributed by atoms with Gasteiger partial charge >= 0.3 is 0 Å². The Bertz CT molecular complexity index is 180. The Morgan fingerprint density at radius 2 is 0.700 bits per heavy atom. The minimum absolute atomic E-state index is 1.31. The van der Waals surface area contributed by atoms with Gasteiger partial charge in [-0.05, 0) is 25.7 Å². The number of hydrogen-bond donors (Lipinski definition) is 0. The van der Waals surface area contributed by atoms with Crippen molar-refractivity contribution in [3.8, 4) is 0 Å². The molecule has 0 nitrogen and oxygen atoms in total. The second kappa shape index (κ2) is 18.7. The maximum absolute atomic E-state index is 2.42. The third-order valence-electron chi connectivity index (χ3n) is 4.12. The number of allylic oxidation sites excluding steroid dienone is 2. The molecule has 0 heteroatoms. The summed E-state index contributed by atoms with van der Waals surface area (Å²) in [4.78, 5) is 0. The second-order valence-electron chi connectivity index (χ2n) is 6.29. The number of hydrogen-bond acceptors (Lipinski definition) is 0. The number of unbranched alkanes of at least 4 members (excludes halogenated alkanes) is 14. The lowest BCUT2D eigenvalue weighted by molar-refractivity contribution is 0.566. The number of rotatable bonds is 16. The zero-order valence-electron chi connectivity index (χ0n) is 14.5. The van der Waals surface area contributed by atoms with Gasteiger partial charge in [-0.3, -0.25) is 0 Å². The van der Waals surface area contributed by atoms with E-state index >= 15 is 0 Å². The van der Waals surface area contributed by atoms with Gasteiger partial charge in [0.1, 0.15) is 0 Å². The third-order valence-corrected chi connectivity index (χ3v) is 4.12. The topological polar surface area (TPSA) is 0 Å². The Hall–Kier alpha value is -0.260. The predicted molar refractivity (Wildman–Crippen MR) is 94.4 cm³/mol. The van der Waals surface area contributed by atoms with Crippen LogP contribution in [-0.2, 0) is 0 Å². The van der Waals surface area contributed by atoms with Crippen molar-refractivity contribution in [1.82, 2.24) is 0 Å². The van der Waals surface area contributed by atoms with E-state index in [-0.39, 0.29) is 0 Å². The van der Waals surface area contributed by atoms with Crippen LogP contribution in [0, 0.1) is 0 Å². The SMILES string of the molecule is CCCCCCC/C=C/CCCCCCCCCCC. The summed E-state index contributed by atoms with van der Waals surface area (Å²) >= 11 is 0. The van der Waals surface area contributed by atoms with Crippen molar-refractivity contribution in [2.45, 2.75) is 117 Å². The van der Waals surface area contributed by atoms with Gasteiger partial charge in [-0.2, -0.15) is 0 Å². The Kier molecular flexibility index (Phi) is 18.5. The lowest BCUT2D eigenvalue weighted by atomic mass is 10.1. The summed E-state index contributed by atoms with van der Waals surface area (Å²) in [7, 11) is 0. The van der Waals surface area contributed by atoms with E-state index in [1.165, 1.54) is 103 Å². The molecule has 0 spiro atoms. The smallest absolute Gasteiger partial charge is 0.0351 e. The highest BCUT2D eigenvalue weighted by Crippen LogP contribution is 2.11. The first-order valence-electron chi connectivity index (χ1n) is 9.56. The van der Waals surface area contributed by atoms with E-state index in [9.17, 15) is 0 Å². The summed E-state index contributed by atoms with van der Waals surface area (Å²) < 4.78 is 0. The molecule has 20 heavy (non-hydrogen) atoms. The largest absolute Gasteiger partial charge is 0.0885 e. The fourth-order valence-corrected chi connectivity index (χ4v) is 2.67. The van der Waals surface area contributed by atoms with Crippen LogP contribution in [0.15, 0.2) is 12.2 Å². The van der Waals surface area contributed by atoms with Crippen molar-refractivity contribution < 1.29 is 0 Å². The molecular formula is C20H40. The molecule has 0 aromatic rings. The van der Waals surface area contributed by atoms with Gasteiger partial charge in [-0.15, -0.1) is 0 Å². The van der Waals surface area contributed by atoms with Gasteiger partial charge in [0.15, 0.2) is 0 Å². The maximum atomic E-state index is 2.42. The third kappa shape index (κ3) is 17.7. The standard InChI is InChI=1S/C20H40/c1-3-5-7-9-11-13-15-17-19-20-18-16-14-12-10-8-6-4-2/h15,17H,3-14,16,18-20H2,1-2H3/b17-15+. The summed E-state index contributed by atoms with van der Waals surface area (Å²) in [6.45, 7) is 4.57. The molecule has 0 saturated heterocycles. The molecule has 0 saturated carbocycles. The fraction of sp³-hybridized carbons (Fsp3) is 0.900. The molecule has 0 aliphatic rings. The molecule has 0 fully saturated rings. The van der Waals surface area contributed by atoms with Crippen molar-refractivity contribution in [2.75, 3.05) is 0 Å². The van der Waals surface area contributed by atoms with Crippen LogP contribution in [0.25, 0.3) is 0 Å². The molecule has 0 radical (unpaired) electrons. The molecule has 0 aromatic heterocycles. The molecule has 0 N–H and O–H groups in total. The van der Waals surface area contributed by atoms with Gasteiger partial charge in [0.05, 0.1) is 0 Å². The minimum Gasteiger partial charge on any atom is -0.0885 e. The summed E-state index contributed by atoms with van der Waals surface area (Å²) in [6.07, 6.45) is 27.4. The van der Waals surface area contributed by atoms with Crippen molar-refractivity contribution in [3.63, 3.8) is 0 Å². The highest BCUT2D eigenvalue weighted by atomic mass is 14.0. The van der Waals surface area contributed by atoms with E-state index in [1.807, 2.05) is 0 Å². The summed E-state index contributed by atoms with van der Waals surface area (Å²) in [5, 5.41) is 0. The molecule has 0 aliphatic carbocycles. The summed E-state index contributed by atoms with van der Waals surface area (Å²) in [5.74, 6) is 0. The zero-order valence-corrected chi connectivity index (χ0v) is 14.5. The molecule has 0 unspecified atom stereocenters. The van der Waals surface area contributed by atoms with Gasteiger partial charge in [-0.25, -0.2) is 0 Å². The first-order chi connectivity index (χ1) is 9.91. The molecule has 0 heterocycles. The minimum atomic E-state index is 1.31. The van der Waals surface area contributed by atoms with Gasteiger partial charge in [0.2, 0.25) is 0 Å². The van der Waals surface area contributed by atoms with E-state index in [4.69, 9.17) is 0 Å². The quantitative estimate of drug-likeness (QED) is 0.200. The van der Waals surface area contributed by atoms with Crippen LogP contribution >= 0.6 is 0 Å². The normalized spacial score (nSPS) is 11.5. The molecule has 0 amide bonds.